The van der Waals surface area contributed by atoms with Crippen molar-refractivity contribution in [3.05, 3.63) is 59.3 Å². The van der Waals surface area contributed by atoms with E-state index < -0.39 is 0 Å². The Morgan fingerprint density at radius 2 is 1.95 bits per heavy atom. The molecule has 0 fully saturated rings. The van der Waals surface area contributed by atoms with Gasteiger partial charge in [0.05, 0.1) is 18.2 Å². The molecule has 108 valence electrons. The van der Waals surface area contributed by atoms with Crippen molar-refractivity contribution >= 4 is 0 Å². The molecule has 1 aliphatic rings. The van der Waals surface area contributed by atoms with Crippen molar-refractivity contribution < 1.29 is 5.11 Å². The maximum atomic E-state index is 9.13. The number of rotatable bonds is 6. The molecule has 1 atom stereocenters. The number of hydrogen-bond acceptors (Lipinski definition) is 3. The van der Waals surface area contributed by atoms with E-state index in [0.717, 1.165) is 12.0 Å². The van der Waals surface area contributed by atoms with E-state index >= 15 is 0 Å². The molecule has 0 saturated heterocycles. The Morgan fingerprint density at radius 3 is 2.45 bits per heavy atom. The highest BCUT2D eigenvalue weighted by Crippen LogP contribution is 2.27. The van der Waals surface area contributed by atoms with Gasteiger partial charge in [0.2, 0.25) is 0 Å². The van der Waals surface area contributed by atoms with Gasteiger partial charge in [0, 0.05) is 12.1 Å². The molecule has 0 aromatic heterocycles. The third-order valence-corrected chi connectivity index (χ3v) is 3.76. The van der Waals surface area contributed by atoms with Gasteiger partial charge in [-0.2, -0.15) is 0 Å². The van der Waals surface area contributed by atoms with Gasteiger partial charge in [-0.25, -0.2) is 0 Å². The highest BCUT2D eigenvalue weighted by Gasteiger charge is 2.30. The van der Waals surface area contributed by atoms with Crippen molar-refractivity contribution in [2.24, 2.45) is 0 Å². The largest absolute Gasteiger partial charge is 0.392 e. The average Bonchev–Trinajstić information content (AvgIpc) is 2.92. The fourth-order valence-electron chi connectivity index (χ4n) is 2.79. The molecule has 0 spiro atoms. The van der Waals surface area contributed by atoms with E-state index in [2.05, 4.69) is 54.8 Å². The lowest BCUT2D eigenvalue weighted by Crippen LogP contribution is -2.48. The van der Waals surface area contributed by atoms with Crippen LogP contribution in [0, 0.1) is 0 Å². The van der Waals surface area contributed by atoms with E-state index in [1.807, 2.05) is 19.2 Å². The van der Waals surface area contributed by atoms with Crippen molar-refractivity contribution in [3.8, 4) is 0 Å². The van der Waals surface area contributed by atoms with E-state index in [-0.39, 0.29) is 18.2 Å². The first-order valence-electron chi connectivity index (χ1n) is 7.07. The van der Waals surface area contributed by atoms with Gasteiger partial charge < -0.3 is 15.7 Å². The minimum atomic E-state index is -0.104. The highest BCUT2D eigenvalue weighted by molar-refractivity contribution is 5.29. The lowest BCUT2D eigenvalue weighted by Gasteiger charge is -2.37. The summed E-state index contributed by atoms with van der Waals surface area (Å²) >= 11 is 0. The predicted octanol–water partition coefficient (Wildman–Crippen LogP) is 2.65. The summed E-state index contributed by atoms with van der Waals surface area (Å²) in [5.41, 5.74) is 3.31. The number of nitrogens with one attached hydrogen (secondary N) is 2. The molecule has 0 bridgehead atoms. The Hall–Kier alpha value is -1.58. The Morgan fingerprint density at radius 1 is 1.25 bits per heavy atom. The molecule has 0 saturated carbocycles. The van der Waals surface area contributed by atoms with E-state index in [1.54, 1.807) is 0 Å². The van der Waals surface area contributed by atoms with Crippen LogP contribution in [0.3, 0.4) is 0 Å². The summed E-state index contributed by atoms with van der Waals surface area (Å²) in [7, 11) is 1.98. The molecule has 1 aromatic rings. The van der Waals surface area contributed by atoms with Crippen LogP contribution in [0.1, 0.15) is 37.4 Å². The van der Waals surface area contributed by atoms with Crippen LogP contribution in [0.25, 0.3) is 0 Å². The van der Waals surface area contributed by atoms with E-state index in [0.29, 0.717) is 0 Å². The molecule has 1 aliphatic carbocycles. The molecule has 1 unspecified atom stereocenters. The SMILES string of the molecule is CNC(c1ccc(CO)cc1)C(C)(C)NC1=CC=CC1. The minimum Gasteiger partial charge on any atom is -0.392 e. The van der Waals surface area contributed by atoms with Crippen molar-refractivity contribution in [3.63, 3.8) is 0 Å². The van der Waals surface area contributed by atoms with Gasteiger partial charge in [0.1, 0.15) is 0 Å². The van der Waals surface area contributed by atoms with Crippen molar-refractivity contribution in [1.82, 2.24) is 10.6 Å². The Balaban J connectivity index is 2.16. The second-order valence-electron chi connectivity index (χ2n) is 5.79. The minimum absolute atomic E-state index is 0.0880. The van der Waals surface area contributed by atoms with E-state index in [1.165, 1.54) is 11.3 Å². The van der Waals surface area contributed by atoms with Crippen LogP contribution in [0.5, 0.6) is 0 Å². The van der Waals surface area contributed by atoms with Crippen LogP contribution in [0.2, 0.25) is 0 Å². The first-order chi connectivity index (χ1) is 9.56. The number of hydrogen-bond donors (Lipinski definition) is 3. The van der Waals surface area contributed by atoms with Gasteiger partial charge in [-0.3, -0.25) is 0 Å². The van der Waals surface area contributed by atoms with Crippen LogP contribution in [-0.4, -0.2) is 17.7 Å². The van der Waals surface area contributed by atoms with E-state index in [9.17, 15) is 0 Å². The fraction of sp³-hybridized carbons (Fsp3) is 0.412. The third kappa shape index (κ3) is 3.30. The molecule has 0 heterocycles. The van der Waals surface area contributed by atoms with Gasteiger partial charge in [0.25, 0.3) is 0 Å². The smallest absolute Gasteiger partial charge is 0.0681 e. The second-order valence-corrected chi connectivity index (χ2v) is 5.79. The Kier molecular flexibility index (Phi) is 4.63. The topological polar surface area (TPSA) is 44.3 Å². The maximum absolute atomic E-state index is 9.13. The molecule has 3 N–H and O–H groups in total. The second kappa shape index (κ2) is 6.25. The van der Waals surface area contributed by atoms with Gasteiger partial charge in [-0.1, -0.05) is 36.4 Å². The van der Waals surface area contributed by atoms with Crippen molar-refractivity contribution in [2.75, 3.05) is 7.05 Å². The number of aliphatic hydroxyl groups excluding tert-OH is 1. The number of likely N-dealkylation sites (N-methyl/N-ethyl adjacent to an activating group) is 1. The quantitative estimate of drug-likeness (QED) is 0.746. The normalized spacial score (nSPS) is 16.1. The molecule has 0 aliphatic heterocycles. The third-order valence-electron chi connectivity index (χ3n) is 3.76. The molecule has 0 amide bonds. The summed E-state index contributed by atoms with van der Waals surface area (Å²) in [5.74, 6) is 0. The Labute approximate surface area is 121 Å². The zero-order chi connectivity index (χ0) is 14.6. The lowest BCUT2D eigenvalue weighted by atomic mass is 9.88. The summed E-state index contributed by atoms with van der Waals surface area (Å²) in [4.78, 5) is 0. The summed E-state index contributed by atoms with van der Waals surface area (Å²) in [6.07, 6.45) is 7.35. The highest BCUT2D eigenvalue weighted by atomic mass is 16.3. The van der Waals surface area contributed by atoms with Crippen LogP contribution in [0.4, 0.5) is 0 Å². The molecule has 3 nitrogen and oxygen atoms in total. The molecule has 2 rings (SSSR count). The van der Waals surface area contributed by atoms with Crippen LogP contribution >= 0.6 is 0 Å². The molecule has 0 radical (unpaired) electrons. The summed E-state index contributed by atoms with van der Waals surface area (Å²) in [6, 6.07) is 8.31. The zero-order valence-electron chi connectivity index (χ0n) is 12.5. The number of aliphatic hydroxyl groups is 1. The lowest BCUT2D eigenvalue weighted by molar-refractivity contribution is 0.281. The Bertz CT molecular complexity index is 500. The van der Waals surface area contributed by atoms with Gasteiger partial charge in [0.15, 0.2) is 0 Å². The number of benzene rings is 1. The zero-order valence-corrected chi connectivity index (χ0v) is 12.5. The fourth-order valence-corrected chi connectivity index (χ4v) is 2.79. The van der Waals surface area contributed by atoms with Crippen LogP contribution in [-0.2, 0) is 6.61 Å². The maximum Gasteiger partial charge on any atom is 0.0681 e. The molecular weight excluding hydrogens is 248 g/mol. The number of allylic oxidation sites excluding steroid dienone is 3. The summed E-state index contributed by atoms with van der Waals surface area (Å²) in [6.45, 7) is 4.49. The monoisotopic (exact) mass is 272 g/mol. The van der Waals surface area contributed by atoms with Gasteiger partial charge in [-0.05, 0) is 38.1 Å². The predicted molar refractivity (Wildman–Crippen MR) is 83.2 cm³/mol. The molecule has 3 heteroatoms. The summed E-state index contributed by atoms with van der Waals surface area (Å²) < 4.78 is 0. The van der Waals surface area contributed by atoms with Gasteiger partial charge >= 0.3 is 0 Å². The van der Waals surface area contributed by atoms with Crippen molar-refractivity contribution in [1.29, 1.82) is 0 Å². The summed E-state index contributed by atoms with van der Waals surface area (Å²) in [5, 5.41) is 16.1. The first-order valence-corrected chi connectivity index (χ1v) is 7.07. The van der Waals surface area contributed by atoms with Crippen LogP contribution in [0.15, 0.2) is 48.2 Å². The molecule has 1 aromatic carbocycles. The average molecular weight is 272 g/mol. The molecular formula is C17H24N2O. The molecule has 20 heavy (non-hydrogen) atoms. The van der Waals surface area contributed by atoms with Crippen molar-refractivity contribution in [2.45, 2.75) is 38.5 Å². The first kappa shape index (κ1) is 14.8. The van der Waals surface area contributed by atoms with E-state index in [4.69, 9.17) is 5.11 Å². The van der Waals surface area contributed by atoms with Gasteiger partial charge in [-0.15, -0.1) is 0 Å². The standard InChI is InChI=1S/C17H24N2O/c1-17(2,19-15-6-4-5-7-15)16(18-3)14-10-8-13(12-20)9-11-14/h4-6,8-11,16,18-20H,7,12H2,1-3H3. The van der Waals surface area contributed by atoms with Crippen LogP contribution < -0.4 is 10.6 Å².